The van der Waals surface area contributed by atoms with E-state index in [-0.39, 0.29) is 5.57 Å². The third-order valence-corrected chi connectivity index (χ3v) is 6.29. The predicted octanol–water partition coefficient (Wildman–Crippen LogP) is 5.41. The van der Waals surface area contributed by atoms with Crippen LogP contribution >= 0.6 is 22.6 Å². The maximum Gasteiger partial charge on any atom is 0.335 e. The molecule has 0 radical (unpaired) electrons. The van der Waals surface area contributed by atoms with Gasteiger partial charge < -0.3 is 4.74 Å². The van der Waals surface area contributed by atoms with Crippen molar-refractivity contribution >= 4 is 52.2 Å². The van der Waals surface area contributed by atoms with Crippen molar-refractivity contribution in [2.45, 2.75) is 26.9 Å². The predicted molar refractivity (Wildman–Crippen MR) is 139 cm³/mol. The SMILES string of the molecule is CCc1ccc(N2C(=O)NC(=O)/C(=C/c3ccc(OCc4cccc(C)c4)c(I)c3)C2=O)cc1. The third kappa shape index (κ3) is 5.20. The van der Waals surface area contributed by atoms with E-state index in [9.17, 15) is 14.4 Å². The molecule has 1 saturated heterocycles. The first-order chi connectivity index (χ1) is 16.4. The van der Waals surface area contributed by atoms with Gasteiger partial charge in [0.25, 0.3) is 11.8 Å². The van der Waals surface area contributed by atoms with Gasteiger partial charge in [-0.05, 0) is 83.0 Å². The number of halogens is 1. The third-order valence-electron chi connectivity index (χ3n) is 5.45. The fourth-order valence-electron chi connectivity index (χ4n) is 3.63. The number of carbonyl (C=O) groups is 3. The summed E-state index contributed by atoms with van der Waals surface area (Å²) in [5.74, 6) is -0.671. The summed E-state index contributed by atoms with van der Waals surface area (Å²) in [5, 5.41) is 2.26. The Morgan fingerprint density at radius 3 is 2.41 bits per heavy atom. The van der Waals surface area contributed by atoms with Crippen LogP contribution in [0.4, 0.5) is 10.5 Å². The summed E-state index contributed by atoms with van der Waals surface area (Å²) in [4.78, 5) is 38.9. The molecule has 0 atom stereocenters. The quantitative estimate of drug-likeness (QED) is 0.246. The van der Waals surface area contributed by atoms with Crippen LogP contribution in [0.1, 0.15) is 29.2 Å². The number of urea groups is 1. The van der Waals surface area contributed by atoms with Crippen LogP contribution in [0.3, 0.4) is 0 Å². The lowest BCUT2D eigenvalue weighted by Gasteiger charge is -2.26. The van der Waals surface area contributed by atoms with Gasteiger partial charge in [0.2, 0.25) is 0 Å². The number of aryl methyl sites for hydroxylation is 2. The largest absolute Gasteiger partial charge is 0.488 e. The summed E-state index contributed by atoms with van der Waals surface area (Å²) >= 11 is 2.16. The van der Waals surface area contributed by atoms with Crippen molar-refractivity contribution in [3.63, 3.8) is 0 Å². The minimum absolute atomic E-state index is 0.108. The highest BCUT2D eigenvalue weighted by Gasteiger charge is 2.36. The van der Waals surface area contributed by atoms with Gasteiger partial charge in [-0.25, -0.2) is 9.69 Å². The molecule has 4 amide bonds. The number of ether oxygens (including phenoxy) is 1. The standard InChI is InChI=1S/C27H23IN2O4/c1-3-18-7-10-21(11-8-18)30-26(32)22(25(31)29-27(30)33)14-19-9-12-24(23(28)15-19)34-16-20-6-4-5-17(2)13-20/h4-15H,3,16H2,1-2H3,(H,29,31,33)/b22-14-. The molecule has 1 aliphatic rings. The van der Waals surface area contributed by atoms with Crippen LogP contribution in [-0.4, -0.2) is 17.8 Å². The zero-order chi connectivity index (χ0) is 24.2. The molecule has 3 aromatic carbocycles. The van der Waals surface area contributed by atoms with Gasteiger partial charge in [-0.3, -0.25) is 14.9 Å². The van der Waals surface area contributed by atoms with Crippen LogP contribution in [0.15, 0.2) is 72.3 Å². The number of carbonyl (C=O) groups excluding carboxylic acids is 3. The summed E-state index contributed by atoms with van der Waals surface area (Å²) < 4.78 is 6.78. The van der Waals surface area contributed by atoms with E-state index >= 15 is 0 Å². The lowest BCUT2D eigenvalue weighted by atomic mass is 10.1. The van der Waals surface area contributed by atoms with Crippen LogP contribution in [-0.2, 0) is 22.6 Å². The number of benzene rings is 3. The Bertz CT molecular complexity index is 1300. The van der Waals surface area contributed by atoms with E-state index in [0.717, 1.165) is 26.0 Å². The number of anilines is 1. The van der Waals surface area contributed by atoms with Crippen molar-refractivity contribution in [3.05, 3.63) is 98.1 Å². The molecule has 0 aliphatic carbocycles. The molecular weight excluding hydrogens is 543 g/mol. The zero-order valence-corrected chi connectivity index (χ0v) is 21.0. The molecule has 0 saturated carbocycles. The maximum absolute atomic E-state index is 13.1. The molecule has 34 heavy (non-hydrogen) atoms. The molecule has 1 heterocycles. The van der Waals surface area contributed by atoms with Gasteiger partial charge in [0.05, 0.1) is 9.26 Å². The van der Waals surface area contributed by atoms with E-state index in [0.29, 0.717) is 23.6 Å². The summed E-state index contributed by atoms with van der Waals surface area (Å²) in [5.41, 5.74) is 4.28. The first-order valence-electron chi connectivity index (χ1n) is 10.8. The Labute approximate surface area is 211 Å². The number of hydrogen-bond acceptors (Lipinski definition) is 4. The number of hydrogen-bond donors (Lipinski definition) is 1. The fourth-order valence-corrected chi connectivity index (χ4v) is 4.32. The maximum atomic E-state index is 13.1. The Hall–Kier alpha value is -3.46. The van der Waals surface area contributed by atoms with E-state index in [1.165, 1.54) is 11.6 Å². The van der Waals surface area contributed by atoms with Gasteiger partial charge in [-0.15, -0.1) is 0 Å². The van der Waals surface area contributed by atoms with Crippen molar-refractivity contribution in [3.8, 4) is 5.75 Å². The Kier molecular flexibility index (Phi) is 7.12. The number of nitrogens with zero attached hydrogens (tertiary/aromatic N) is 1. The minimum atomic E-state index is -0.758. The zero-order valence-electron chi connectivity index (χ0n) is 18.8. The smallest absolute Gasteiger partial charge is 0.335 e. The highest BCUT2D eigenvalue weighted by atomic mass is 127. The highest BCUT2D eigenvalue weighted by molar-refractivity contribution is 14.1. The molecule has 1 N–H and O–H groups in total. The van der Waals surface area contributed by atoms with Crippen molar-refractivity contribution in [2.24, 2.45) is 0 Å². The van der Waals surface area contributed by atoms with Crippen molar-refractivity contribution in [2.75, 3.05) is 4.90 Å². The first-order valence-corrected chi connectivity index (χ1v) is 11.9. The van der Waals surface area contributed by atoms with Gasteiger partial charge in [0.15, 0.2) is 0 Å². The molecule has 6 nitrogen and oxygen atoms in total. The topological polar surface area (TPSA) is 75.7 Å². The number of nitrogens with one attached hydrogen (secondary N) is 1. The molecule has 1 aliphatic heterocycles. The second kappa shape index (κ2) is 10.2. The van der Waals surface area contributed by atoms with E-state index in [2.05, 4.69) is 34.0 Å². The van der Waals surface area contributed by atoms with Gasteiger partial charge in [-0.1, -0.05) is 55.0 Å². The summed E-state index contributed by atoms with van der Waals surface area (Å²) in [6.07, 6.45) is 2.33. The van der Waals surface area contributed by atoms with Crippen LogP contribution in [0.2, 0.25) is 0 Å². The van der Waals surface area contributed by atoms with Crippen molar-refractivity contribution in [1.29, 1.82) is 0 Å². The van der Waals surface area contributed by atoms with Crippen molar-refractivity contribution in [1.82, 2.24) is 5.32 Å². The average molecular weight is 566 g/mol. The van der Waals surface area contributed by atoms with E-state index in [1.807, 2.05) is 56.3 Å². The van der Waals surface area contributed by atoms with Gasteiger partial charge in [-0.2, -0.15) is 0 Å². The molecule has 0 spiro atoms. The fraction of sp³-hybridized carbons (Fsp3) is 0.148. The summed E-state index contributed by atoms with van der Waals surface area (Å²) in [6, 6.07) is 19.9. The van der Waals surface area contributed by atoms with Crippen LogP contribution < -0.4 is 15.0 Å². The molecule has 0 bridgehead atoms. The molecule has 4 rings (SSSR count). The monoisotopic (exact) mass is 566 g/mol. The summed E-state index contributed by atoms with van der Waals surface area (Å²) in [6.45, 7) is 4.49. The second-order valence-electron chi connectivity index (χ2n) is 7.95. The molecular formula is C27H23IN2O4. The molecule has 1 fully saturated rings. The molecule has 7 heteroatoms. The van der Waals surface area contributed by atoms with Gasteiger partial charge >= 0.3 is 6.03 Å². The lowest BCUT2D eigenvalue weighted by molar-refractivity contribution is -0.122. The van der Waals surface area contributed by atoms with Gasteiger partial charge in [0, 0.05) is 0 Å². The molecule has 0 unspecified atom stereocenters. The van der Waals surface area contributed by atoms with Crippen molar-refractivity contribution < 1.29 is 19.1 Å². The number of rotatable bonds is 6. The average Bonchev–Trinajstić information content (AvgIpc) is 2.81. The normalized spacial score (nSPS) is 15.0. The Morgan fingerprint density at radius 1 is 0.971 bits per heavy atom. The number of amides is 4. The number of barbiturate groups is 1. The first kappa shape index (κ1) is 23.7. The van der Waals surface area contributed by atoms with Crippen LogP contribution in [0.5, 0.6) is 5.75 Å². The van der Waals surface area contributed by atoms with E-state index in [4.69, 9.17) is 4.74 Å². The van der Waals surface area contributed by atoms with Crippen LogP contribution in [0.25, 0.3) is 6.08 Å². The highest BCUT2D eigenvalue weighted by Crippen LogP contribution is 2.26. The van der Waals surface area contributed by atoms with Crippen LogP contribution in [0, 0.1) is 10.5 Å². The van der Waals surface area contributed by atoms with E-state index < -0.39 is 17.8 Å². The van der Waals surface area contributed by atoms with Gasteiger partial charge in [0.1, 0.15) is 17.9 Å². The number of imide groups is 2. The second-order valence-corrected chi connectivity index (χ2v) is 9.11. The molecule has 172 valence electrons. The lowest BCUT2D eigenvalue weighted by Crippen LogP contribution is -2.54. The molecule has 3 aromatic rings. The Balaban J connectivity index is 1.55. The Morgan fingerprint density at radius 2 is 1.74 bits per heavy atom. The van der Waals surface area contributed by atoms with E-state index in [1.54, 1.807) is 18.2 Å². The summed E-state index contributed by atoms with van der Waals surface area (Å²) in [7, 11) is 0. The minimum Gasteiger partial charge on any atom is -0.488 e. The molecule has 0 aromatic heterocycles.